The predicted octanol–water partition coefficient (Wildman–Crippen LogP) is 4.55. The molecular weight excluding hydrogens is 390 g/mol. The second-order valence-electron chi connectivity index (χ2n) is 12.8. The molecule has 0 aromatic rings. The molecule has 0 unspecified atom stereocenters. The summed E-state index contributed by atoms with van der Waals surface area (Å²) in [5.41, 5.74) is 4.19. The van der Waals surface area contributed by atoms with Gasteiger partial charge in [0, 0.05) is 29.5 Å². The molecule has 4 N–H and O–H groups in total. The van der Waals surface area contributed by atoms with Gasteiger partial charge in [-0.3, -0.25) is 9.59 Å². The quantitative estimate of drug-likeness (QED) is 0.391. The summed E-state index contributed by atoms with van der Waals surface area (Å²) in [7, 11) is 0. The average molecular weight is 442 g/mol. The van der Waals surface area contributed by atoms with Gasteiger partial charge >= 0.3 is 0 Å². The fraction of sp³-hybridized carbons (Fsp3) is 0.920. The van der Waals surface area contributed by atoms with Crippen LogP contribution in [0, 0.1) is 10.8 Å². The lowest BCUT2D eigenvalue weighted by Crippen LogP contribution is -2.50. The van der Waals surface area contributed by atoms with E-state index in [1.807, 2.05) is 55.4 Å². The van der Waals surface area contributed by atoms with Crippen molar-refractivity contribution >= 4 is 11.8 Å². The molecule has 0 aromatic carbocycles. The van der Waals surface area contributed by atoms with Crippen molar-refractivity contribution in [2.75, 3.05) is 13.2 Å². The van der Waals surface area contributed by atoms with Crippen LogP contribution in [-0.4, -0.2) is 41.6 Å². The Morgan fingerprint density at radius 2 is 1.29 bits per heavy atom. The zero-order chi connectivity index (χ0) is 24.7. The molecule has 6 nitrogen and oxygen atoms in total. The van der Waals surface area contributed by atoms with Gasteiger partial charge in [0.1, 0.15) is 0 Å². The third-order valence-electron chi connectivity index (χ3n) is 5.46. The minimum Gasteiger partial charge on any atom is -0.375 e. The maximum absolute atomic E-state index is 12.9. The van der Waals surface area contributed by atoms with Crippen LogP contribution in [0.5, 0.6) is 0 Å². The van der Waals surface area contributed by atoms with Crippen molar-refractivity contribution in [1.82, 2.24) is 10.6 Å². The molecule has 6 heteroatoms. The highest BCUT2D eigenvalue weighted by Crippen LogP contribution is 2.34. The number of ether oxygens (including phenoxy) is 1. The van der Waals surface area contributed by atoms with Crippen molar-refractivity contribution in [2.24, 2.45) is 16.6 Å². The van der Waals surface area contributed by atoms with E-state index in [9.17, 15) is 9.59 Å². The van der Waals surface area contributed by atoms with Crippen LogP contribution in [0.25, 0.3) is 0 Å². The Morgan fingerprint density at radius 3 is 1.77 bits per heavy atom. The van der Waals surface area contributed by atoms with Gasteiger partial charge in [0.15, 0.2) is 0 Å². The van der Waals surface area contributed by atoms with E-state index < -0.39 is 11.0 Å². The Hall–Kier alpha value is -1.14. The molecule has 0 aliphatic carbocycles. The molecule has 2 amide bonds. The fourth-order valence-electron chi connectivity index (χ4n) is 3.88. The Morgan fingerprint density at radius 1 is 0.774 bits per heavy atom. The molecule has 0 spiro atoms. The summed E-state index contributed by atoms with van der Waals surface area (Å²) in [4.78, 5) is 25.1. The van der Waals surface area contributed by atoms with Crippen molar-refractivity contribution in [2.45, 2.75) is 125 Å². The summed E-state index contributed by atoms with van der Waals surface area (Å²) in [5, 5.41) is 6.24. The smallest absolute Gasteiger partial charge is 0.226 e. The standard InChI is InChI=1S/C25H51N3O3/c1-21(2,3)18-22(4,5)20(30)28-24(8,9)15-17-31-25(10,11)13-12-19(29)27-23(6,7)14-16-26/h12-18,26H2,1-11H3,(H,27,29)(H,28,30). The third kappa shape index (κ3) is 13.8. The summed E-state index contributed by atoms with van der Waals surface area (Å²) in [5.74, 6) is 0.0900. The fourth-order valence-corrected chi connectivity index (χ4v) is 3.88. The first kappa shape index (κ1) is 29.9. The van der Waals surface area contributed by atoms with E-state index in [0.717, 1.165) is 12.8 Å². The van der Waals surface area contributed by atoms with E-state index in [-0.39, 0.29) is 28.3 Å². The SMILES string of the molecule is CC(C)(C)CC(C)(C)C(=O)NC(C)(C)CCOC(C)(C)CCC(=O)NC(C)(C)CCN. The monoisotopic (exact) mass is 441 g/mol. The number of hydrogen-bond acceptors (Lipinski definition) is 4. The zero-order valence-corrected chi connectivity index (χ0v) is 22.3. The molecule has 0 aromatic heterocycles. The van der Waals surface area contributed by atoms with Gasteiger partial charge in [-0.15, -0.1) is 0 Å². The zero-order valence-electron chi connectivity index (χ0n) is 22.3. The predicted molar refractivity (Wildman–Crippen MR) is 130 cm³/mol. The van der Waals surface area contributed by atoms with Gasteiger partial charge in [-0.25, -0.2) is 0 Å². The number of amides is 2. The molecule has 0 saturated heterocycles. The Balaban J connectivity index is 4.56. The van der Waals surface area contributed by atoms with Crippen LogP contribution in [0.3, 0.4) is 0 Å². The normalized spacial score (nSPS) is 13.8. The summed E-state index contributed by atoms with van der Waals surface area (Å²) in [6.45, 7) is 23.6. The summed E-state index contributed by atoms with van der Waals surface area (Å²) < 4.78 is 6.09. The van der Waals surface area contributed by atoms with Gasteiger partial charge in [0.25, 0.3) is 0 Å². The largest absolute Gasteiger partial charge is 0.375 e. The van der Waals surface area contributed by atoms with Crippen molar-refractivity contribution < 1.29 is 14.3 Å². The lowest BCUT2D eigenvalue weighted by Gasteiger charge is -2.36. The van der Waals surface area contributed by atoms with E-state index >= 15 is 0 Å². The molecule has 0 saturated carbocycles. The topological polar surface area (TPSA) is 93.4 Å². The van der Waals surface area contributed by atoms with Gasteiger partial charge in [0.2, 0.25) is 11.8 Å². The highest BCUT2D eigenvalue weighted by Gasteiger charge is 2.35. The first-order valence-corrected chi connectivity index (χ1v) is 11.7. The first-order valence-electron chi connectivity index (χ1n) is 11.7. The lowest BCUT2D eigenvalue weighted by atomic mass is 9.75. The van der Waals surface area contributed by atoms with Crippen LogP contribution >= 0.6 is 0 Å². The molecular formula is C25H51N3O3. The Kier molecular flexibility index (Phi) is 10.7. The minimum absolute atomic E-state index is 0.0174. The highest BCUT2D eigenvalue weighted by molar-refractivity contribution is 5.82. The van der Waals surface area contributed by atoms with Crippen LogP contribution < -0.4 is 16.4 Å². The van der Waals surface area contributed by atoms with Crippen molar-refractivity contribution in [3.8, 4) is 0 Å². The van der Waals surface area contributed by atoms with E-state index in [4.69, 9.17) is 10.5 Å². The van der Waals surface area contributed by atoms with Gasteiger partial charge in [-0.05, 0) is 79.2 Å². The van der Waals surface area contributed by atoms with Gasteiger partial charge in [-0.1, -0.05) is 34.6 Å². The van der Waals surface area contributed by atoms with Crippen LogP contribution in [-0.2, 0) is 14.3 Å². The number of carbonyl (C=O) groups excluding carboxylic acids is 2. The second kappa shape index (κ2) is 11.1. The maximum Gasteiger partial charge on any atom is 0.226 e. The second-order valence-corrected chi connectivity index (χ2v) is 12.8. The van der Waals surface area contributed by atoms with Crippen molar-refractivity contribution in [1.29, 1.82) is 0 Å². The van der Waals surface area contributed by atoms with E-state index in [1.165, 1.54) is 0 Å². The van der Waals surface area contributed by atoms with Gasteiger partial charge in [0.05, 0.1) is 5.60 Å². The summed E-state index contributed by atoms with van der Waals surface area (Å²) in [6, 6.07) is 0. The average Bonchev–Trinajstić information content (AvgIpc) is 2.49. The van der Waals surface area contributed by atoms with Gasteiger partial charge < -0.3 is 21.1 Å². The Labute approximate surface area is 191 Å². The number of hydrogen-bond donors (Lipinski definition) is 3. The summed E-state index contributed by atoms with van der Waals surface area (Å²) >= 11 is 0. The third-order valence-corrected chi connectivity index (χ3v) is 5.46. The molecule has 0 bridgehead atoms. The molecule has 31 heavy (non-hydrogen) atoms. The number of nitrogens with one attached hydrogen (secondary N) is 2. The molecule has 0 fully saturated rings. The number of nitrogens with two attached hydrogens (primary N) is 1. The molecule has 0 atom stereocenters. The molecule has 0 radical (unpaired) electrons. The van der Waals surface area contributed by atoms with E-state index in [2.05, 4.69) is 31.4 Å². The number of rotatable bonds is 13. The van der Waals surface area contributed by atoms with E-state index in [0.29, 0.717) is 32.4 Å². The van der Waals surface area contributed by atoms with Gasteiger partial charge in [-0.2, -0.15) is 0 Å². The van der Waals surface area contributed by atoms with Crippen LogP contribution in [0.1, 0.15) is 108 Å². The molecule has 0 aliphatic heterocycles. The first-order chi connectivity index (χ1) is 13.7. The van der Waals surface area contributed by atoms with Crippen molar-refractivity contribution in [3.05, 3.63) is 0 Å². The summed E-state index contributed by atoms with van der Waals surface area (Å²) in [6.07, 6.45) is 3.29. The van der Waals surface area contributed by atoms with Crippen molar-refractivity contribution in [3.63, 3.8) is 0 Å². The molecule has 0 rings (SSSR count). The Bertz CT molecular complexity index is 587. The lowest BCUT2D eigenvalue weighted by molar-refractivity contribution is -0.133. The number of carbonyl (C=O) groups is 2. The highest BCUT2D eigenvalue weighted by atomic mass is 16.5. The molecule has 0 heterocycles. The van der Waals surface area contributed by atoms with Crippen LogP contribution in [0.2, 0.25) is 0 Å². The van der Waals surface area contributed by atoms with E-state index in [1.54, 1.807) is 0 Å². The molecule has 0 aliphatic rings. The van der Waals surface area contributed by atoms with Crippen LogP contribution in [0.4, 0.5) is 0 Å². The maximum atomic E-state index is 12.9. The van der Waals surface area contributed by atoms with Crippen LogP contribution in [0.15, 0.2) is 0 Å². The molecule has 184 valence electrons. The minimum atomic E-state index is -0.430.